The minimum atomic E-state index is 0.441. The van der Waals surface area contributed by atoms with Gasteiger partial charge in [0, 0.05) is 30.0 Å². The second-order valence-corrected chi connectivity index (χ2v) is 8.32. The number of hydrogen-bond donors (Lipinski definition) is 0. The highest BCUT2D eigenvalue weighted by Gasteiger charge is 2.24. The van der Waals surface area contributed by atoms with E-state index in [0.29, 0.717) is 12.0 Å². The second-order valence-electron chi connectivity index (χ2n) is 8.32. The molecule has 0 unspecified atom stereocenters. The highest BCUT2D eigenvalue weighted by molar-refractivity contribution is 5.64. The first-order chi connectivity index (χ1) is 13.9. The Morgan fingerprint density at radius 2 is 1.90 bits per heavy atom. The first-order valence-electron chi connectivity index (χ1n) is 10.4. The summed E-state index contributed by atoms with van der Waals surface area (Å²) in [6, 6.07) is 2.57. The van der Waals surface area contributed by atoms with Crippen LogP contribution in [-0.4, -0.2) is 42.7 Å². The summed E-state index contributed by atoms with van der Waals surface area (Å²) in [7, 11) is 0. The molecule has 0 spiro atoms. The molecule has 4 rings (SSSR count). The Balaban J connectivity index is 1.47. The highest BCUT2D eigenvalue weighted by atomic mass is 16.5. The number of nitrogens with zero attached hydrogens (tertiary/aromatic N) is 6. The van der Waals surface area contributed by atoms with Crippen LogP contribution in [-0.2, 0) is 6.54 Å². The maximum atomic E-state index is 5.34. The van der Waals surface area contributed by atoms with Gasteiger partial charge in [0.1, 0.15) is 17.4 Å². The van der Waals surface area contributed by atoms with E-state index < -0.39 is 0 Å². The summed E-state index contributed by atoms with van der Waals surface area (Å²) in [5, 5.41) is 4.08. The van der Waals surface area contributed by atoms with Crippen LogP contribution in [0.25, 0.3) is 11.3 Å². The van der Waals surface area contributed by atoms with Gasteiger partial charge in [0.15, 0.2) is 0 Å². The van der Waals surface area contributed by atoms with Crippen LogP contribution in [0.2, 0.25) is 0 Å². The molecule has 7 heteroatoms. The molecule has 0 radical (unpaired) electrons. The first kappa shape index (κ1) is 19.8. The van der Waals surface area contributed by atoms with E-state index in [0.717, 1.165) is 72.5 Å². The monoisotopic (exact) mass is 394 g/mol. The summed E-state index contributed by atoms with van der Waals surface area (Å²) in [6.07, 6.45) is 6.17. The van der Waals surface area contributed by atoms with Crippen molar-refractivity contribution in [1.29, 1.82) is 0 Å². The van der Waals surface area contributed by atoms with E-state index in [4.69, 9.17) is 9.51 Å². The van der Waals surface area contributed by atoms with E-state index in [1.165, 1.54) is 0 Å². The van der Waals surface area contributed by atoms with Crippen molar-refractivity contribution in [3.63, 3.8) is 0 Å². The van der Waals surface area contributed by atoms with Crippen molar-refractivity contribution in [2.45, 2.75) is 66.0 Å². The molecule has 0 atom stereocenters. The molecule has 0 aliphatic carbocycles. The van der Waals surface area contributed by atoms with Gasteiger partial charge in [0.2, 0.25) is 0 Å². The fourth-order valence-corrected chi connectivity index (χ4v) is 4.30. The molecule has 1 aliphatic heterocycles. The van der Waals surface area contributed by atoms with Crippen molar-refractivity contribution < 1.29 is 4.52 Å². The molecule has 0 amide bonds. The Hall–Kier alpha value is -2.54. The summed E-state index contributed by atoms with van der Waals surface area (Å²) in [4.78, 5) is 16.5. The predicted molar refractivity (Wildman–Crippen MR) is 112 cm³/mol. The standard InChI is InChI=1S/C22H30N6O/c1-14(2)28-11-8-23-21(28)13-27-9-6-18(7-10-27)19-12-20(25-17(5)24-19)22-15(3)26-29-16(22)4/h8,11-12,14,18H,6-7,9-10,13H2,1-5H3. The molecule has 3 aromatic rings. The lowest BCUT2D eigenvalue weighted by Gasteiger charge is -2.32. The zero-order valence-electron chi connectivity index (χ0n) is 18.0. The fourth-order valence-electron chi connectivity index (χ4n) is 4.30. The Labute approximate surface area is 172 Å². The lowest BCUT2D eigenvalue weighted by molar-refractivity contribution is 0.195. The van der Waals surface area contributed by atoms with Crippen molar-refractivity contribution in [2.75, 3.05) is 13.1 Å². The van der Waals surface area contributed by atoms with Crippen LogP contribution in [0.1, 0.15) is 67.4 Å². The van der Waals surface area contributed by atoms with E-state index in [1.54, 1.807) is 0 Å². The molecule has 0 N–H and O–H groups in total. The minimum Gasteiger partial charge on any atom is -0.361 e. The van der Waals surface area contributed by atoms with Crippen LogP contribution in [0.5, 0.6) is 0 Å². The fraction of sp³-hybridized carbons (Fsp3) is 0.545. The Morgan fingerprint density at radius 3 is 2.55 bits per heavy atom. The summed E-state index contributed by atoms with van der Waals surface area (Å²) in [5.41, 5.74) is 3.93. The van der Waals surface area contributed by atoms with Gasteiger partial charge in [-0.2, -0.15) is 0 Å². The van der Waals surface area contributed by atoms with Crippen LogP contribution in [0.4, 0.5) is 0 Å². The van der Waals surface area contributed by atoms with Crippen molar-refractivity contribution in [1.82, 2.24) is 29.6 Å². The molecule has 7 nitrogen and oxygen atoms in total. The molecule has 154 valence electrons. The molecular formula is C22H30N6O. The lowest BCUT2D eigenvalue weighted by atomic mass is 9.92. The van der Waals surface area contributed by atoms with E-state index in [-0.39, 0.29) is 0 Å². The first-order valence-corrected chi connectivity index (χ1v) is 10.4. The van der Waals surface area contributed by atoms with E-state index in [1.807, 2.05) is 27.0 Å². The third-order valence-electron chi connectivity index (χ3n) is 5.82. The molecule has 3 aromatic heterocycles. The minimum absolute atomic E-state index is 0.441. The largest absolute Gasteiger partial charge is 0.361 e. The average Bonchev–Trinajstić information content (AvgIpc) is 3.28. The average molecular weight is 395 g/mol. The quantitative estimate of drug-likeness (QED) is 0.645. The Kier molecular flexibility index (Phi) is 5.50. The maximum Gasteiger partial charge on any atom is 0.143 e. The number of hydrogen-bond acceptors (Lipinski definition) is 6. The summed E-state index contributed by atoms with van der Waals surface area (Å²) in [6.45, 7) is 13.3. The molecule has 29 heavy (non-hydrogen) atoms. The van der Waals surface area contributed by atoms with Crippen LogP contribution in [0.15, 0.2) is 23.0 Å². The molecule has 1 saturated heterocycles. The number of aromatic nitrogens is 5. The van der Waals surface area contributed by atoms with Crippen molar-refractivity contribution >= 4 is 0 Å². The third-order valence-corrected chi connectivity index (χ3v) is 5.82. The zero-order chi connectivity index (χ0) is 20.5. The van der Waals surface area contributed by atoms with Gasteiger partial charge in [-0.05, 0) is 66.6 Å². The van der Waals surface area contributed by atoms with Crippen molar-refractivity contribution in [3.8, 4) is 11.3 Å². The molecule has 0 saturated carbocycles. The molecule has 1 fully saturated rings. The number of piperidine rings is 1. The Morgan fingerprint density at radius 1 is 1.14 bits per heavy atom. The number of likely N-dealkylation sites (tertiary alicyclic amines) is 1. The smallest absolute Gasteiger partial charge is 0.143 e. The van der Waals surface area contributed by atoms with E-state index in [2.05, 4.69) is 50.7 Å². The molecule has 4 heterocycles. The highest BCUT2D eigenvalue weighted by Crippen LogP contribution is 2.31. The van der Waals surface area contributed by atoms with Gasteiger partial charge >= 0.3 is 0 Å². The number of aryl methyl sites for hydroxylation is 3. The lowest BCUT2D eigenvalue weighted by Crippen LogP contribution is -2.33. The van der Waals surface area contributed by atoms with Gasteiger partial charge in [0.25, 0.3) is 0 Å². The molecule has 1 aliphatic rings. The topological polar surface area (TPSA) is 72.9 Å². The summed E-state index contributed by atoms with van der Waals surface area (Å²) < 4.78 is 7.60. The van der Waals surface area contributed by atoms with Gasteiger partial charge in [0.05, 0.1) is 23.5 Å². The summed E-state index contributed by atoms with van der Waals surface area (Å²) in [5.74, 6) is 3.22. The summed E-state index contributed by atoms with van der Waals surface area (Å²) >= 11 is 0. The SMILES string of the molecule is Cc1nc(-c2c(C)noc2C)cc(C2CCN(Cc3nccn3C(C)C)CC2)n1. The predicted octanol–water partition coefficient (Wildman–Crippen LogP) is 4.21. The van der Waals surface area contributed by atoms with Crippen molar-refractivity contribution in [3.05, 3.63) is 47.3 Å². The third kappa shape index (κ3) is 4.10. The second kappa shape index (κ2) is 8.06. The molecular weight excluding hydrogens is 364 g/mol. The maximum absolute atomic E-state index is 5.34. The normalized spacial score (nSPS) is 16.1. The van der Waals surface area contributed by atoms with Gasteiger partial charge in [-0.25, -0.2) is 15.0 Å². The van der Waals surface area contributed by atoms with Crippen LogP contribution < -0.4 is 0 Å². The molecule has 0 aromatic carbocycles. The van der Waals surface area contributed by atoms with Crippen molar-refractivity contribution in [2.24, 2.45) is 0 Å². The van der Waals surface area contributed by atoms with E-state index in [9.17, 15) is 0 Å². The van der Waals surface area contributed by atoms with Crippen LogP contribution in [0, 0.1) is 20.8 Å². The number of rotatable bonds is 5. The zero-order valence-corrected chi connectivity index (χ0v) is 18.0. The molecule has 0 bridgehead atoms. The van der Waals surface area contributed by atoms with E-state index >= 15 is 0 Å². The van der Waals surface area contributed by atoms with Gasteiger partial charge in [-0.1, -0.05) is 5.16 Å². The van der Waals surface area contributed by atoms with Gasteiger partial charge in [-0.15, -0.1) is 0 Å². The Bertz CT molecular complexity index is 962. The van der Waals surface area contributed by atoms with Crippen LogP contribution in [0.3, 0.4) is 0 Å². The van der Waals surface area contributed by atoms with Gasteiger partial charge in [-0.3, -0.25) is 4.90 Å². The van der Waals surface area contributed by atoms with Gasteiger partial charge < -0.3 is 9.09 Å². The van der Waals surface area contributed by atoms with Crippen LogP contribution >= 0.6 is 0 Å². The number of imidazole rings is 1.